The lowest BCUT2D eigenvalue weighted by Crippen LogP contribution is -2.37. The molecule has 2 aromatic carbocycles. The Hall–Kier alpha value is -2.85. The first-order valence-electron chi connectivity index (χ1n) is 9.95. The smallest absolute Gasteiger partial charge is 0.226 e. The average Bonchev–Trinajstić information content (AvgIpc) is 3.05. The Labute approximate surface area is 175 Å². The quantitative estimate of drug-likeness (QED) is 0.468. The van der Waals surface area contributed by atoms with Crippen LogP contribution in [0.2, 0.25) is 5.02 Å². The van der Waals surface area contributed by atoms with E-state index in [1.165, 1.54) is 27.8 Å². The van der Waals surface area contributed by atoms with Gasteiger partial charge >= 0.3 is 0 Å². The Morgan fingerprint density at radius 3 is 2.41 bits per heavy atom. The highest BCUT2D eigenvalue weighted by Gasteiger charge is 2.33. The van der Waals surface area contributed by atoms with Crippen molar-refractivity contribution < 1.29 is 0 Å². The summed E-state index contributed by atoms with van der Waals surface area (Å²) in [6, 6.07) is 16.9. The number of halogens is 1. The van der Waals surface area contributed by atoms with E-state index in [1.54, 1.807) is 0 Å². The third-order valence-electron chi connectivity index (χ3n) is 5.71. The van der Waals surface area contributed by atoms with Crippen molar-refractivity contribution in [2.75, 3.05) is 11.4 Å². The molecule has 0 saturated carbocycles. The van der Waals surface area contributed by atoms with Crippen molar-refractivity contribution in [3.63, 3.8) is 0 Å². The number of nitrogens with one attached hydrogen (secondary N) is 1. The number of benzene rings is 2. The Morgan fingerprint density at radius 2 is 1.69 bits per heavy atom. The molecule has 0 bridgehead atoms. The number of anilines is 1. The number of hydrogen-bond acceptors (Lipinski definition) is 3. The molecule has 1 atom stereocenters. The van der Waals surface area contributed by atoms with Gasteiger partial charge in [-0.25, -0.2) is 9.97 Å². The summed E-state index contributed by atoms with van der Waals surface area (Å²) in [5, 5.41) is 1.98. The van der Waals surface area contributed by atoms with Gasteiger partial charge in [0, 0.05) is 39.6 Å². The zero-order chi connectivity index (χ0) is 20.1. The van der Waals surface area contributed by atoms with Crippen LogP contribution in [0.3, 0.4) is 0 Å². The SMILES string of the molecule is Cc1ccc([C@H]2c3[nH]c4ccc(Cl)cc4c3CCN2c2nc(C)cc(C)n2)cc1. The van der Waals surface area contributed by atoms with Crippen LogP contribution >= 0.6 is 11.6 Å². The van der Waals surface area contributed by atoms with E-state index in [1.807, 2.05) is 26.0 Å². The number of rotatable bonds is 2. The monoisotopic (exact) mass is 402 g/mol. The number of aromatic amines is 1. The van der Waals surface area contributed by atoms with E-state index in [0.29, 0.717) is 0 Å². The van der Waals surface area contributed by atoms with Gasteiger partial charge in [0.05, 0.1) is 6.04 Å². The van der Waals surface area contributed by atoms with E-state index >= 15 is 0 Å². The molecule has 1 N–H and O–H groups in total. The van der Waals surface area contributed by atoms with E-state index in [4.69, 9.17) is 21.6 Å². The molecule has 0 saturated heterocycles. The van der Waals surface area contributed by atoms with E-state index in [9.17, 15) is 0 Å². The van der Waals surface area contributed by atoms with Crippen LogP contribution in [0.1, 0.15) is 39.8 Å². The summed E-state index contributed by atoms with van der Waals surface area (Å²) in [6.07, 6.45) is 0.925. The van der Waals surface area contributed by atoms with Gasteiger partial charge in [-0.1, -0.05) is 41.4 Å². The van der Waals surface area contributed by atoms with Crippen LogP contribution in [0.4, 0.5) is 5.95 Å². The molecule has 0 fully saturated rings. The number of fused-ring (bicyclic) bond motifs is 3. The van der Waals surface area contributed by atoms with Crippen molar-refractivity contribution in [1.29, 1.82) is 0 Å². The molecule has 1 aliphatic heterocycles. The number of H-pyrrole nitrogens is 1. The van der Waals surface area contributed by atoms with Crippen LogP contribution in [0.5, 0.6) is 0 Å². The van der Waals surface area contributed by atoms with Gasteiger partial charge < -0.3 is 9.88 Å². The van der Waals surface area contributed by atoms with Gasteiger partial charge in [-0.3, -0.25) is 0 Å². The highest BCUT2D eigenvalue weighted by Crippen LogP contribution is 2.40. The molecule has 0 spiro atoms. The predicted octanol–water partition coefficient (Wildman–Crippen LogP) is 5.69. The molecule has 2 aromatic heterocycles. The zero-order valence-electron chi connectivity index (χ0n) is 16.8. The standard InChI is InChI=1S/C24H23ClN4/c1-14-4-6-17(7-5-14)23-22-19(20-13-18(25)8-9-21(20)28-22)10-11-29(23)24-26-15(2)12-16(3)27-24/h4-9,12-13,23,28H,10-11H2,1-3H3/t23-/m0/s1. The molecule has 3 heterocycles. The Kier molecular flexibility index (Phi) is 4.32. The van der Waals surface area contributed by atoms with Crippen LogP contribution in [-0.4, -0.2) is 21.5 Å². The molecule has 29 heavy (non-hydrogen) atoms. The van der Waals surface area contributed by atoms with E-state index in [2.05, 4.69) is 53.2 Å². The van der Waals surface area contributed by atoms with Gasteiger partial charge in [0.25, 0.3) is 0 Å². The van der Waals surface area contributed by atoms with Gasteiger partial charge in [-0.2, -0.15) is 0 Å². The van der Waals surface area contributed by atoms with Gasteiger partial charge in [0.2, 0.25) is 5.95 Å². The summed E-state index contributed by atoms with van der Waals surface area (Å²) < 4.78 is 0. The molecular formula is C24H23ClN4. The molecule has 0 amide bonds. The van der Waals surface area contributed by atoms with Gasteiger partial charge in [-0.05, 0) is 62.6 Å². The molecule has 0 radical (unpaired) electrons. The van der Waals surface area contributed by atoms with E-state index in [-0.39, 0.29) is 6.04 Å². The van der Waals surface area contributed by atoms with Crippen LogP contribution < -0.4 is 4.90 Å². The summed E-state index contributed by atoms with van der Waals surface area (Å²) in [7, 11) is 0. The third-order valence-corrected chi connectivity index (χ3v) is 5.94. The average molecular weight is 403 g/mol. The highest BCUT2D eigenvalue weighted by molar-refractivity contribution is 6.31. The lowest BCUT2D eigenvalue weighted by Gasteiger charge is -2.36. The largest absolute Gasteiger partial charge is 0.356 e. The molecule has 4 nitrogen and oxygen atoms in total. The maximum atomic E-state index is 6.30. The number of aryl methyl sites for hydroxylation is 3. The minimum absolute atomic E-state index is 0.0340. The Balaban J connectivity index is 1.72. The zero-order valence-corrected chi connectivity index (χ0v) is 17.6. The molecule has 0 unspecified atom stereocenters. The minimum Gasteiger partial charge on any atom is -0.356 e. The van der Waals surface area contributed by atoms with Gasteiger partial charge in [-0.15, -0.1) is 0 Å². The first-order valence-corrected chi connectivity index (χ1v) is 10.3. The summed E-state index contributed by atoms with van der Waals surface area (Å²) in [4.78, 5) is 15.5. The van der Waals surface area contributed by atoms with Crippen LogP contribution in [0.15, 0.2) is 48.5 Å². The fourth-order valence-corrected chi connectivity index (χ4v) is 4.58. The highest BCUT2D eigenvalue weighted by atomic mass is 35.5. The summed E-state index contributed by atoms with van der Waals surface area (Å²) >= 11 is 6.30. The van der Waals surface area contributed by atoms with Crippen molar-refractivity contribution in [3.8, 4) is 0 Å². The van der Waals surface area contributed by atoms with Crippen molar-refractivity contribution in [3.05, 3.63) is 87.3 Å². The molecule has 4 aromatic rings. The lowest BCUT2D eigenvalue weighted by molar-refractivity contribution is 0.624. The normalized spacial score (nSPS) is 16.3. The van der Waals surface area contributed by atoms with E-state index < -0.39 is 0 Å². The lowest BCUT2D eigenvalue weighted by atomic mass is 9.92. The predicted molar refractivity (Wildman–Crippen MR) is 119 cm³/mol. The molecular weight excluding hydrogens is 380 g/mol. The topological polar surface area (TPSA) is 44.8 Å². The Bertz CT molecular complexity index is 1190. The molecule has 5 rings (SSSR count). The summed E-state index contributed by atoms with van der Waals surface area (Å²) in [5.74, 6) is 0.787. The summed E-state index contributed by atoms with van der Waals surface area (Å²) in [5.41, 5.74) is 8.14. The van der Waals surface area contributed by atoms with Crippen LogP contribution in [-0.2, 0) is 6.42 Å². The molecule has 0 aliphatic carbocycles. The fraction of sp³-hybridized carbons (Fsp3) is 0.250. The number of nitrogens with zero attached hydrogens (tertiary/aromatic N) is 3. The number of hydrogen-bond donors (Lipinski definition) is 1. The maximum Gasteiger partial charge on any atom is 0.226 e. The van der Waals surface area contributed by atoms with Crippen molar-refractivity contribution in [2.45, 2.75) is 33.2 Å². The van der Waals surface area contributed by atoms with E-state index in [0.717, 1.165) is 40.8 Å². The third kappa shape index (κ3) is 3.18. The fourth-order valence-electron chi connectivity index (χ4n) is 4.41. The first kappa shape index (κ1) is 18.2. The van der Waals surface area contributed by atoms with Gasteiger partial charge in [0.1, 0.15) is 0 Å². The van der Waals surface area contributed by atoms with Crippen molar-refractivity contribution in [2.24, 2.45) is 0 Å². The van der Waals surface area contributed by atoms with Crippen LogP contribution in [0.25, 0.3) is 10.9 Å². The summed E-state index contributed by atoms with van der Waals surface area (Å²) in [6.45, 7) is 7.03. The first-order chi connectivity index (χ1) is 14.0. The second kappa shape index (κ2) is 6.89. The number of aromatic nitrogens is 3. The van der Waals surface area contributed by atoms with Gasteiger partial charge in [0.15, 0.2) is 0 Å². The molecule has 146 valence electrons. The Morgan fingerprint density at radius 1 is 0.966 bits per heavy atom. The second-order valence-corrected chi connectivity index (χ2v) is 8.35. The van der Waals surface area contributed by atoms with Crippen LogP contribution in [0, 0.1) is 20.8 Å². The van der Waals surface area contributed by atoms with Crippen molar-refractivity contribution in [1.82, 2.24) is 15.0 Å². The maximum absolute atomic E-state index is 6.30. The molecule has 1 aliphatic rings. The molecule has 5 heteroatoms. The minimum atomic E-state index is 0.0340. The second-order valence-electron chi connectivity index (χ2n) is 7.91. The van der Waals surface area contributed by atoms with Crippen molar-refractivity contribution >= 4 is 28.5 Å².